The van der Waals surface area contributed by atoms with Crippen LogP contribution in [0.15, 0.2) is 12.3 Å². The highest BCUT2D eigenvalue weighted by Gasteiger charge is 2.19. The number of aromatic nitrogens is 3. The van der Waals surface area contributed by atoms with Crippen LogP contribution in [0.1, 0.15) is 23.2 Å². The van der Waals surface area contributed by atoms with Gasteiger partial charge in [0.25, 0.3) is 5.91 Å². The van der Waals surface area contributed by atoms with Crippen LogP contribution in [-0.4, -0.2) is 54.4 Å². The molecular formula is C14H19N5O2. The van der Waals surface area contributed by atoms with E-state index in [1.807, 2.05) is 6.07 Å². The lowest BCUT2D eigenvalue weighted by atomic mass is 10.2. The van der Waals surface area contributed by atoms with Crippen LogP contribution in [-0.2, 0) is 4.74 Å². The fourth-order valence-electron chi connectivity index (χ4n) is 2.55. The summed E-state index contributed by atoms with van der Waals surface area (Å²) >= 11 is 0. The standard InChI is InChI=1S/C14H19N5O2/c1-21-7-4-15-14(20)10-8-11-12(16-9-10)17-18-13(11)19-5-2-3-6-19/h8-9H,2-7H2,1H3,(H,15,20)(H,16,17,18). The molecule has 2 aromatic heterocycles. The first-order valence-corrected chi connectivity index (χ1v) is 7.16. The predicted molar refractivity (Wildman–Crippen MR) is 79.5 cm³/mol. The number of nitrogens with zero attached hydrogens (tertiary/aromatic N) is 3. The van der Waals surface area contributed by atoms with Crippen LogP contribution < -0.4 is 10.2 Å². The number of ether oxygens (including phenoxy) is 1. The number of amides is 1. The molecule has 3 rings (SSSR count). The van der Waals surface area contributed by atoms with Gasteiger partial charge in [-0.2, -0.15) is 5.10 Å². The molecule has 1 amide bonds. The van der Waals surface area contributed by atoms with Crippen molar-refractivity contribution in [2.24, 2.45) is 0 Å². The second-order valence-electron chi connectivity index (χ2n) is 5.11. The van der Waals surface area contributed by atoms with E-state index >= 15 is 0 Å². The number of nitrogens with one attached hydrogen (secondary N) is 2. The minimum Gasteiger partial charge on any atom is -0.383 e. The number of pyridine rings is 1. The number of hydrogen-bond acceptors (Lipinski definition) is 5. The number of H-pyrrole nitrogens is 1. The van der Waals surface area contributed by atoms with Crippen LogP contribution in [0.4, 0.5) is 5.82 Å². The van der Waals surface area contributed by atoms with Crippen molar-refractivity contribution >= 4 is 22.8 Å². The van der Waals surface area contributed by atoms with Crippen molar-refractivity contribution in [2.45, 2.75) is 12.8 Å². The normalized spacial score (nSPS) is 14.8. The van der Waals surface area contributed by atoms with E-state index in [1.165, 1.54) is 12.8 Å². The molecule has 0 saturated carbocycles. The van der Waals surface area contributed by atoms with Crippen LogP contribution in [0.5, 0.6) is 0 Å². The molecule has 2 N–H and O–H groups in total. The maximum Gasteiger partial charge on any atom is 0.252 e. The molecule has 1 aliphatic heterocycles. The minimum absolute atomic E-state index is 0.143. The SMILES string of the molecule is COCCNC(=O)c1cnc2[nH]nc(N3CCCC3)c2c1. The van der Waals surface area contributed by atoms with Gasteiger partial charge in [-0.15, -0.1) is 0 Å². The molecule has 0 radical (unpaired) electrons. The second-order valence-corrected chi connectivity index (χ2v) is 5.11. The predicted octanol–water partition coefficient (Wildman–Crippen LogP) is 0.934. The highest BCUT2D eigenvalue weighted by atomic mass is 16.5. The lowest BCUT2D eigenvalue weighted by Gasteiger charge is -2.14. The van der Waals surface area contributed by atoms with Gasteiger partial charge in [0, 0.05) is 32.9 Å². The molecule has 0 aliphatic carbocycles. The van der Waals surface area contributed by atoms with E-state index in [1.54, 1.807) is 13.3 Å². The molecule has 21 heavy (non-hydrogen) atoms. The van der Waals surface area contributed by atoms with Crippen molar-refractivity contribution < 1.29 is 9.53 Å². The summed E-state index contributed by atoms with van der Waals surface area (Å²) in [7, 11) is 1.60. The van der Waals surface area contributed by atoms with Gasteiger partial charge < -0.3 is 15.0 Å². The Morgan fingerprint density at radius 3 is 3.05 bits per heavy atom. The minimum atomic E-state index is -0.143. The monoisotopic (exact) mass is 289 g/mol. The molecule has 1 aliphatic rings. The van der Waals surface area contributed by atoms with Gasteiger partial charge >= 0.3 is 0 Å². The summed E-state index contributed by atoms with van der Waals surface area (Å²) in [5.41, 5.74) is 1.26. The summed E-state index contributed by atoms with van der Waals surface area (Å²) in [5.74, 6) is 0.747. The highest BCUT2D eigenvalue weighted by Crippen LogP contribution is 2.26. The summed E-state index contributed by atoms with van der Waals surface area (Å²) in [6.45, 7) is 2.98. The van der Waals surface area contributed by atoms with Gasteiger partial charge in [0.05, 0.1) is 17.6 Å². The molecule has 2 aromatic rings. The first-order valence-electron chi connectivity index (χ1n) is 7.16. The molecule has 0 aromatic carbocycles. The number of rotatable bonds is 5. The van der Waals surface area contributed by atoms with Crippen molar-refractivity contribution in [2.75, 3.05) is 38.3 Å². The van der Waals surface area contributed by atoms with Gasteiger partial charge in [0.15, 0.2) is 11.5 Å². The third kappa shape index (κ3) is 2.82. The smallest absolute Gasteiger partial charge is 0.252 e. The Hall–Kier alpha value is -2.15. The molecule has 7 nitrogen and oxygen atoms in total. The Labute approximate surface area is 122 Å². The van der Waals surface area contributed by atoms with Crippen LogP contribution in [0.3, 0.4) is 0 Å². The van der Waals surface area contributed by atoms with Crippen molar-refractivity contribution in [3.8, 4) is 0 Å². The van der Waals surface area contributed by atoms with Gasteiger partial charge in [-0.25, -0.2) is 4.98 Å². The molecule has 0 bridgehead atoms. The molecule has 7 heteroatoms. The molecule has 3 heterocycles. The largest absolute Gasteiger partial charge is 0.383 e. The third-order valence-corrected chi connectivity index (χ3v) is 3.66. The van der Waals surface area contributed by atoms with Gasteiger partial charge in [-0.1, -0.05) is 0 Å². The zero-order valence-electron chi connectivity index (χ0n) is 12.1. The number of carbonyl (C=O) groups is 1. The Bertz CT molecular complexity index is 633. The number of anilines is 1. The lowest BCUT2D eigenvalue weighted by molar-refractivity contribution is 0.0937. The molecule has 1 fully saturated rings. The van der Waals surface area contributed by atoms with Crippen molar-refractivity contribution in [3.05, 3.63) is 17.8 Å². The van der Waals surface area contributed by atoms with E-state index in [0.717, 1.165) is 24.3 Å². The average molecular weight is 289 g/mol. The number of methoxy groups -OCH3 is 1. The topological polar surface area (TPSA) is 83.1 Å². The van der Waals surface area contributed by atoms with Crippen molar-refractivity contribution in [3.63, 3.8) is 0 Å². The summed E-state index contributed by atoms with van der Waals surface area (Å²) in [5, 5.41) is 11.0. The number of aromatic amines is 1. The Morgan fingerprint density at radius 1 is 1.48 bits per heavy atom. The Kier molecular flexibility index (Phi) is 4.01. The maximum absolute atomic E-state index is 12.1. The van der Waals surface area contributed by atoms with Crippen molar-refractivity contribution in [1.82, 2.24) is 20.5 Å². The lowest BCUT2D eigenvalue weighted by Crippen LogP contribution is -2.27. The molecule has 0 atom stereocenters. The fraction of sp³-hybridized carbons (Fsp3) is 0.500. The number of carbonyl (C=O) groups excluding carboxylic acids is 1. The molecule has 1 saturated heterocycles. The zero-order chi connectivity index (χ0) is 14.7. The van der Waals surface area contributed by atoms with Crippen LogP contribution >= 0.6 is 0 Å². The van der Waals surface area contributed by atoms with Gasteiger partial charge in [0.1, 0.15) is 0 Å². The summed E-state index contributed by atoms with van der Waals surface area (Å²) in [6, 6.07) is 1.85. The number of hydrogen-bond donors (Lipinski definition) is 2. The van der Waals surface area contributed by atoms with E-state index in [9.17, 15) is 4.79 Å². The summed E-state index contributed by atoms with van der Waals surface area (Å²) in [6.07, 6.45) is 3.92. The summed E-state index contributed by atoms with van der Waals surface area (Å²) in [4.78, 5) is 18.6. The first kappa shape index (κ1) is 13.8. The van der Waals surface area contributed by atoms with E-state index in [0.29, 0.717) is 24.4 Å². The molecule has 0 unspecified atom stereocenters. The second kappa shape index (κ2) is 6.09. The van der Waals surface area contributed by atoms with Gasteiger partial charge in [-0.05, 0) is 18.9 Å². The zero-order valence-corrected chi connectivity index (χ0v) is 12.1. The molecule has 0 spiro atoms. The van der Waals surface area contributed by atoms with Crippen LogP contribution in [0.25, 0.3) is 11.0 Å². The average Bonchev–Trinajstić information content (AvgIpc) is 3.15. The molecular weight excluding hydrogens is 270 g/mol. The quantitative estimate of drug-likeness (QED) is 0.800. The fourth-order valence-corrected chi connectivity index (χ4v) is 2.55. The van der Waals surface area contributed by atoms with Gasteiger partial charge in [-0.3, -0.25) is 9.89 Å². The number of fused-ring (bicyclic) bond motifs is 1. The van der Waals surface area contributed by atoms with Gasteiger partial charge in [0.2, 0.25) is 0 Å². The van der Waals surface area contributed by atoms with E-state index in [4.69, 9.17) is 4.74 Å². The summed E-state index contributed by atoms with van der Waals surface area (Å²) < 4.78 is 4.92. The van der Waals surface area contributed by atoms with Crippen LogP contribution in [0.2, 0.25) is 0 Å². The first-order chi connectivity index (χ1) is 10.3. The Morgan fingerprint density at radius 2 is 2.29 bits per heavy atom. The van der Waals surface area contributed by atoms with E-state index < -0.39 is 0 Å². The van der Waals surface area contributed by atoms with E-state index in [2.05, 4.69) is 25.4 Å². The van der Waals surface area contributed by atoms with E-state index in [-0.39, 0.29) is 5.91 Å². The highest BCUT2D eigenvalue weighted by molar-refractivity contribution is 5.99. The maximum atomic E-state index is 12.1. The van der Waals surface area contributed by atoms with Crippen LogP contribution in [0, 0.1) is 0 Å². The Balaban J connectivity index is 1.84. The van der Waals surface area contributed by atoms with Crippen molar-refractivity contribution in [1.29, 1.82) is 0 Å². The third-order valence-electron chi connectivity index (χ3n) is 3.66. The molecule has 112 valence electrons.